The Kier molecular flexibility index (Phi) is 4.63. The van der Waals surface area contributed by atoms with Crippen LogP contribution < -0.4 is 5.32 Å². The van der Waals surface area contributed by atoms with E-state index in [2.05, 4.69) is 5.32 Å². The van der Waals surface area contributed by atoms with E-state index in [4.69, 9.17) is 5.26 Å². The van der Waals surface area contributed by atoms with Gasteiger partial charge < -0.3 is 5.32 Å². The lowest BCUT2D eigenvalue weighted by Gasteiger charge is -2.09. The molecule has 0 aliphatic rings. The molecule has 2 aromatic rings. The largest absolute Gasteiger partial charge is 0.416 e. The van der Waals surface area contributed by atoms with Crippen LogP contribution in [-0.4, -0.2) is 5.91 Å². The van der Waals surface area contributed by atoms with Crippen LogP contribution in [0.5, 0.6) is 0 Å². The van der Waals surface area contributed by atoms with Gasteiger partial charge in [0.2, 0.25) is 0 Å². The number of benzene rings is 1. The maximum Gasteiger partial charge on any atom is 0.416 e. The maximum atomic E-state index is 12.6. The highest BCUT2D eigenvalue weighted by atomic mass is 32.1. The van der Waals surface area contributed by atoms with E-state index in [0.29, 0.717) is 4.88 Å². The van der Waals surface area contributed by atoms with E-state index in [-0.39, 0.29) is 11.3 Å². The molecule has 2 rings (SSSR count). The lowest BCUT2D eigenvalue weighted by molar-refractivity contribution is -0.137. The predicted octanol–water partition coefficient (Wildman–Crippen LogP) is 4.31. The van der Waals surface area contributed by atoms with Gasteiger partial charge in [-0.05, 0) is 35.7 Å². The number of anilines is 1. The van der Waals surface area contributed by atoms with Crippen molar-refractivity contribution in [3.05, 3.63) is 57.8 Å². The number of amides is 1. The van der Waals surface area contributed by atoms with Gasteiger partial charge in [-0.3, -0.25) is 4.79 Å². The summed E-state index contributed by atoms with van der Waals surface area (Å²) in [6, 6.07) is 9.46. The summed E-state index contributed by atoms with van der Waals surface area (Å²) in [5.41, 5.74) is -1.07. The van der Waals surface area contributed by atoms with Crippen LogP contribution in [-0.2, 0) is 11.0 Å². The Labute approximate surface area is 128 Å². The SMILES string of the molecule is N#C/C(=C\c1cccs1)C(=O)Nc1cccc(C(F)(F)F)c1. The second-order valence-electron chi connectivity index (χ2n) is 4.22. The molecule has 0 aliphatic carbocycles. The summed E-state index contributed by atoms with van der Waals surface area (Å²) >= 11 is 1.34. The molecule has 0 bridgehead atoms. The summed E-state index contributed by atoms with van der Waals surface area (Å²) in [5.74, 6) is -0.754. The van der Waals surface area contributed by atoms with Crippen molar-refractivity contribution in [2.45, 2.75) is 6.18 Å². The van der Waals surface area contributed by atoms with Gasteiger partial charge in [-0.15, -0.1) is 11.3 Å². The highest BCUT2D eigenvalue weighted by Gasteiger charge is 2.30. The molecule has 1 N–H and O–H groups in total. The summed E-state index contributed by atoms with van der Waals surface area (Å²) in [4.78, 5) is 12.7. The molecule has 1 aromatic carbocycles. The Morgan fingerprint density at radius 2 is 2.05 bits per heavy atom. The predicted molar refractivity (Wildman–Crippen MR) is 78.0 cm³/mol. The third-order valence-electron chi connectivity index (χ3n) is 2.64. The van der Waals surface area contributed by atoms with Crippen molar-refractivity contribution in [2.24, 2.45) is 0 Å². The molecule has 0 saturated heterocycles. The molecule has 0 radical (unpaired) electrons. The first-order valence-electron chi connectivity index (χ1n) is 6.04. The minimum Gasteiger partial charge on any atom is -0.321 e. The van der Waals surface area contributed by atoms with Crippen LogP contribution in [0.25, 0.3) is 6.08 Å². The van der Waals surface area contributed by atoms with Crippen molar-refractivity contribution >= 4 is 29.0 Å². The summed E-state index contributed by atoms with van der Waals surface area (Å²) in [6.45, 7) is 0. The maximum absolute atomic E-state index is 12.6. The van der Waals surface area contributed by atoms with Crippen LogP contribution >= 0.6 is 11.3 Å². The zero-order chi connectivity index (χ0) is 16.2. The number of thiophene rings is 1. The zero-order valence-corrected chi connectivity index (χ0v) is 11.8. The molecule has 22 heavy (non-hydrogen) atoms. The fraction of sp³-hybridized carbons (Fsp3) is 0.0667. The van der Waals surface area contributed by atoms with E-state index in [1.807, 2.05) is 0 Å². The van der Waals surface area contributed by atoms with Crippen LogP contribution in [0.3, 0.4) is 0 Å². The third-order valence-corrected chi connectivity index (χ3v) is 3.46. The number of nitrogens with one attached hydrogen (secondary N) is 1. The van der Waals surface area contributed by atoms with Gasteiger partial charge in [0, 0.05) is 10.6 Å². The lowest BCUT2D eigenvalue weighted by atomic mass is 10.1. The monoisotopic (exact) mass is 322 g/mol. The smallest absolute Gasteiger partial charge is 0.321 e. The molecule has 0 aliphatic heterocycles. The van der Waals surface area contributed by atoms with Gasteiger partial charge in [0.25, 0.3) is 5.91 Å². The van der Waals surface area contributed by atoms with Crippen LogP contribution in [0.2, 0.25) is 0 Å². The van der Waals surface area contributed by atoms with Gasteiger partial charge in [0.1, 0.15) is 11.6 Å². The van der Waals surface area contributed by atoms with Crippen molar-refractivity contribution in [3.8, 4) is 6.07 Å². The molecule has 7 heteroatoms. The standard InChI is InChI=1S/C15H9F3N2OS/c16-15(17,18)11-3-1-4-12(8-11)20-14(21)10(9-19)7-13-5-2-6-22-13/h1-8H,(H,20,21)/b10-7+. The molecular formula is C15H9F3N2OS. The molecule has 3 nitrogen and oxygen atoms in total. The van der Waals surface area contributed by atoms with Crippen molar-refractivity contribution in [1.82, 2.24) is 0 Å². The fourth-order valence-electron chi connectivity index (χ4n) is 1.64. The number of alkyl halides is 3. The summed E-state index contributed by atoms with van der Waals surface area (Å²) < 4.78 is 37.8. The average molecular weight is 322 g/mol. The molecular weight excluding hydrogens is 313 g/mol. The lowest BCUT2D eigenvalue weighted by Crippen LogP contribution is -2.14. The molecule has 0 unspecified atom stereocenters. The highest BCUT2D eigenvalue weighted by molar-refractivity contribution is 7.10. The minimum atomic E-state index is -4.49. The Morgan fingerprint density at radius 1 is 1.27 bits per heavy atom. The average Bonchev–Trinajstić information content (AvgIpc) is 2.97. The molecule has 1 amide bonds. The second kappa shape index (κ2) is 6.45. The van der Waals surface area contributed by atoms with Gasteiger partial charge in [0.05, 0.1) is 5.56 Å². The topological polar surface area (TPSA) is 52.9 Å². The van der Waals surface area contributed by atoms with E-state index >= 15 is 0 Å². The van der Waals surface area contributed by atoms with Gasteiger partial charge in [-0.2, -0.15) is 18.4 Å². The van der Waals surface area contributed by atoms with E-state index in [0.717, 1.165) is 12.1 Å². The van der Waals surface area contributed by atoms with Crippen LogP contribution in [0, 0.1) is 11.3 Å². The number of rotatable bonds is 3. The van der Waals surface area contributed by atoms with Crippen molar-refractivity contribution in [1.29, 1.82) is 5.26 Å². The summed E-state index contributed by atoms with van der Waals surface area (Å²) in [6.07, 6.45) is -3.11. The van der Waals surface area contributed by atoms with Crippen LogP contribution in [0.4, 0.5) is 18.9 Å². The number of hydrogen-bond acceptors (Lipinski definition) is 3. The Morgan fingerprint density at radius 3 is 2.64 bits per heavy atom. The number of hydrogen-bond donors (Lipinski definition) is 1. The van der Waals surface area contributed by atoms with E-state index in [1.54, 1.807) is 23.6 Å². The number of nitrogens with zero attached hydrogens (tertiary/aromatic N) is 1. The zero-order valence-electron chi connectivity index (χ0n) is 11.0. The summed E-state index contributed by atoms with van der Waals surface area (Å²) in [5, 5.41) is 13.1. The minimum absolute atomic E-state index is 0.0212. The highest BCUT2D eigenvalue weighted by Crippen LogP contribution is 2.30. The molecule has 0 spiro atoms. The van der Waals surface area contributed by atoms with Crippen molar-refractivity contribution < 1.29 is 18.0 Å². The number of carbonyl (C=O) groups is 1. The van der Waals surface area contributed by atoms with E-state index in [1.165, 1.54) is 29.5 Å². The molecule has 1 aromatic heterocycles. The van der Waals surface area contributed by atoms with Gasteiger partial charge >= 0.3 is 6.18 Å². The number of carbonyl (C=O) groups excluding carboxylic acids is 1. The van der Waals surface area contributed by atoms with E-state index in [9.17, 15) is 18.0 Å². The first-order valence-corrected chi connectivity index (χ1v) is 6.92. The quantitative estimate of drug-likeness (QED) is 0.676. The Balaban J connectivity index is 2.20. The normalized spacial score (nSPS) is 11.8. The number of nitriles is 1. The first kappa shape index (κ1) is 15.8. The Bertz CT molecular complexity index is 743. The molecule has 0 fully saturated rings. The van der Waals surface area contributed by atoms with Crippen molar-refractivity contribution in [2.75, 3.05) is 5.32 Å². The summed E-state index contributed by atoms with van der Waals surface area (Å²) in [7, 11) is 0. The molecule has 0 saturated carbocycles. The van der Waals surface area contributed by atoms with Crippen LogP contribution in [0.15, 0.2) is 47.4 Å². The van der Waals surface area contributed by atoms with Crippen molar-refractivity contribution in [3.63, 3.8) is 0 Å². The second-order valence-corrected chi connectivity index (χ2v) is 5.20. The number of halogens is 3. The van der Waals surface area contributed by atoms with E-state index < -0.39 is 17.6 Å². The van der Waals surface area contributed by atoms with Gasteiger partial charge in [-0.25, -0.2) is 0 Å². The van der Waals surface area contributed by atoms with Gasteiger partial charge in [0.15, 0.2) is 0 Å². The Hall–Kier alpha value is -2.59. The van der Waals surface area contributed by atoms with Crippen LogP contribution in [0.1, 0.15) is 10.4 Å². The molecule has 0 atom stereocenters. The first-order chi connectivity index (χ1) is 10.4. The third kappa shape index (κ3) is 3.96. The molecule has 112 valence electrons. The van der Waals surface area contributed by atoms with Gasteiger partial charge in [-0.1, -0.05) is 12.1 Å². The molecule has 1 heterocycles. The fourth-order valence-corrected chi connectivity index (χ4v) is 2.29.